The predicted molar refractivity (Wildman–Crippen MR) is 356 cm³/mol. The molecule has 0 saturated heterocycles. The summed E-state index contributed by atoms with van der Waals surface area (Å²) < 4.78 is 7.82. The predicted octanol–water partition coefficient (Wildman–Crippen LogP) is 8.54. The molecule has 0 atom stereocenters. The number of imidazole rings is 3. The van der Waals surface area contributed by atoms with Crippen LogP contribution in [0.3, 0.4) is 0 Å². The van der Waals surface area contributed by atoms with Crippen molar-refractivity contribution in [1.29, 1.82) is 0 Å². The van der Waals surface area contributed by atoms with Crippen molar-refractivity contribution in [3.63, 3.8) is 0 Å². The zero-order chi connectivity index (χ0) is 66.5. The van der Waals surface area contributed by atoms with E-state index in [1.807, 2.05) is 110 Å². The fourth-order valence-corrected chi connectivity index (χ4v) is 8.72. The molecule has 3 aliphatic rings. The Balaban J connectivity index is 0.000000189. The van der Waals surface area contributed by atoms with Crippen LogP contribution in [-0.2, 0) is 9.59 Å². The Morgan fingerprint density at radius 1 is 0.528 bits per heavy atom. The maximum atomic E-state index is 11.5. The number of aromatic amines is 2. The van der Waals surface area contributed by atoms with Gasteiger partial charge in [0, 0.05) is 102 Å². The molecule has 0 bridgehead atoms. The van der Waals surface area contributed by atoms with E-state index in [4.69, 9.17) is 22.9 Å². The number of fused-ring (bicyclic) bond motifs is 4. The minimum absolute atomic E-state index is 0.0117. The number of rotatable bonds is 6. The molecule has 0 radical (unpaired) electrons. The number of aliphatic imine (C=N–C) groups is 1. The summed E-state index contributed by atoms with van der Waals surface area (Å²) in [4.78, 5) is 88.7. The summed E-state index contributed by atoms with van der Waals surface area (Å²) in [5.74, 6) is 3.08. The van der Waals surface area contributed by atoms with Gasteiger partial charge in [0.05, 0.1) is 24.7 Å². The number of nitrogen functional groups attached to an aromatic ring is 3. The quantitative estimate of drug-likeness (QED) is 0.0772. The fourth-order valence-electron chi connectivity index (χ4n) is 8.72. The largest absolute Gasteiger partial charge is 0.398 e. The Kier molecular flexibility index (Phi) is 23.3. The summed E-state index contributed by atoms with van der Waals surface area (Å²) in [7, 11) is 0. The highest BCUT2D eigenvalue weighted by molar-refractivity contribution is 5.95. The van der Waals surface area contributed by atoms with E-state index in [1.165, 1.54) is 6.08 Å². The number of amidine groups is 1. The third-order valence-electron chi connectivity index (χ3n) is 13.4. The second-order valence-electron chi connectivity index (χ2n) is 23.5. The van der Waals surface area contributed by atoms with Crippen molar-refractivity contribution in [1.82, 2.24) is 88.5 Å². The molecule has 11 rings (SSSR count). The molecule has 27 heteroatoms. The number of hydrogen-bond acceptors (Lipinski definition) is 19. The number of aryl methyl sites for hydroxylation is 1. The summed E-state index contributed by atoms with van der Waals surface area (Å²) in [6.45, 7) is 45.8. The maximum absolute atomic E-state index is 11.5. The van der Waals surface area contributed by atoms with Crippen molar-refractivity contribution in [3.8, 4) is 0 Å². The van der Waals surface area contributed by atoms with Gasteiger partial charge in [-0.15, -0.1) is 0 Å². The lowest BCUT2D eigenvalue weighted by Gasteiger charge is -2.35. The minimum atomic E-state index is -0.299. The standard InChI is InChI=1S/C10H13N3.C9H12N4O.C9H12N4.C9H15N3.C9H14N2O.C8H11N5O.C8H12N2O/c1-7(2)13-6-4-8-9(11)3-5-12-10(8)13;1-5(2)13-4-10-7-8(13)11-6(3)12-9(7)14;1-6(2)13-5-12-8-7(10)3-4-11-9(8)13;1-7-11-8(10)5-6-12(7)9(2,3)4;1-6(2)11-5-7(3)9(12)10-8(11)4;1-4(2)13-3-10-5-6(13)11-8(9)12-7(5)14;1-6(2)10-5-4-8(11)9-7(10)3/h3-7H,1-2H3,(H2,11,12);4-5H,1-3H3,(H,11,12,14);3-6H,1-2H3,(H2,10,11);5-6H,1H2,2-4H3,(H2,10,11);5-6H,4H2,1-3H3,(H,10,12);3-4H,1-2H3,(H3,9,11,12,14);4-6H,3H2,1-2H3,(H,9,11). The number of nitrogens with two attached hydrogens (primary N) is 4. The van der Waals surface area contributed by atoms with Crippen LogP contribution < -0.4 is 44.7 Å². The van der Waals surface area contributed by atoms with Gasteiger partial charge in [0.25, 0.3) is 22.9 Å². The summed E-state index contributed by atoms with van der Waals surface area (Å²) in [6, 6.07) is 7.51. The van der Waals surface area contributed by atoms with E-state index in [2.05, 4.69) is 133 Å². The first-order valence-electron chi connectivity index (χ1n) is 29.0. The van der Waals surface area contributed by atoms with E-state index in [0.29, 0.717) is 81.3 Å². The molecule has 0 saturated carbocycles. The van der Waals surface area contributed by atoms with E-state index in [1.54, 1.807) is 68.1 Å². The van der Waals surface area contributed by atoms with Gasteiger partial charge in [0.1, 0.15) is 40.3 Å². The highest BCUT2D eigenvalue weighted by Crippen LogP contribution is 2.24. The van der Waals surface area contributed by atoms with Gasteiger partial charge < -0.3 is 71.5 Å². The molecule has 12 N–H and O–H groups in total. The van der Waals surface area contributed by atoms with Crippen molar-refractivity contribution in [2.24, 2.45) is 10.7 Å². The highest BCUT2D eigenvalue weighted by Gasteiger charge is 2.23. The smallest absolute Gasteiger partial charge is 0.280 e. The van der Waals surface area contributed by atoms with Gasteiger partial charge in [-0.3, -0.25) is 24.2 Å². The zero-order valence-electron chi connectivity index (χ0n) is 54.3. The molecule has 2 amide bonds. The molecule has 11 heterocycles. The van der Waals surface area contributed by atoms with E-state index in [0.717, 1.165) is 33.5 Å². The number of nitrogens with one attached hydrogen (secondary N) is 4. The SMILES string of the molecule is C=C1N=C(N)C=CN1C(C)(C)C.C=C1NC(=O)C(C)=CN1C(C)C.C=C1NC(=O)C=CN1C(C)C.CC(C)n1ccc2c(N)ccnc21.CC(C)n1cnc2c(=O)[nH]c(N)nc21.CC(C)n1cnc2c(N)ccnc21.Cc1nc2c(ncn2C(C)C)c(=O)[nH]1. The number of carbonyl (C=O) groups is 2. The number of nitrogens with zero attached hydrogens (tertiary/aromatic N) is 15. The second kappa shape index (κ2) is 29.8. The van der Waals surface area contributed by atoms with Gasteiger partial charge >= 0.3 is 0 Å². The minimum Gasteiger partial charge on any atom is -0.398 e. The zero-order valence-corrected chi connectivity index (χ0v) is 54.3. The molecule has 476 valence electrons. The molecule has 89 heavy (non-hydrogen) atoms. The summed E-state index contributed by atoms with van der Waals surface area (Å²) in [5.41, 5.74) is 28.8. The van der Waals surface area contributed by atoms with Crippen LogP contribution in [0.15, 0.2) is 144 Å². The van der Waals surface area contributed by atoms with Crippen LogP contribution in [0.1, 0.15) is 141 Å². The van der Waals surface area contributed by atoms with Gasteiger partial charge in [-0.05, 0) is 142 Å². The van der Waals surface area contributed by atoms with Crippen LogP contribution in [0, 0.1) is 6.92 Å². The fraction of sp³-hybridized carbons (Fsp3) is 0.387. The van der Waals surface area contributed by atoms with E-state index >= 15 is 0 Å². The molecule has 0 aromatic carbocycles. The molecule has 0 unspecified atom stereocenters. The molecule has 0 fully saturated rings. The summed E-state index contributed by atoms with van der Waals surface area (Å²) in [6.07, 6.45) is 19.2. The lowest BCUT2D eigenvalue weighted by molar-refractivity contribution is -0.118. The molecule has 3 aliphatic heterocycles. The van der Waals surface area contributed by atoms with Gasteiger partial charge in [0.2, 0.25) is 5.95 Å². The van der Waals surface area contributed by atoms with Gasteiger partial charge in [0.15, 0.2) is 28.0 Å². The van der Waals surface area contributed by atoms with Crippen LogP contribution in [-0.4, -0.2) is 113 Å². The van der Waals surface area contributed by atoms with E-state index in [-0.39, 0.29) is 46.5 Å². The van der Waals surface area contributed by atoms with Crippen LogP contribution >= 0.6 is 0 Å². The topological polar surface area (TPSA) is 360 Å². The molecule has 0 aliphatic carbocycles. The molecule has 8 aromatic heterocycles. The van der Waals surface area contributed by atoms with Gasteiger partial charge in [-0.25, -0.2) is 34.9 Å². The summed E-state index contributed by atoms with van der Waals surface area (Å²) >= 11 is 0. The first-order valence-corrected chi connectivity index (χ1v) is 29.0. The number of hydrogen-bond donors (Lipinski definition) is 8. The Bertz CT molecular complexity index is 3890. The maximum Gasteiger partial charge on any atom is 0.280 e. The van der Waals surface area contributed by atoms with Crippen molar-refractivity contribution in [2.45, 2.75) is 159 Å². The average Bonchev–Trinajstić information content (AvgIpc) is 2.55. The van der Waals surface area contributed by atoms with Crippen molar-refractivity contribution < 1.29 is 9.59 Å². The molecular formula is C62H89N23O4. The Hall–Kier alpha value is -10.3. The lowest BCUT2D eigenvalue weighted by atomic mass is 10.1. The molecule has 0 spiro atoms. The first kappa shape index (κ1) is 69.4. The van der Waals surface area contributed by atoms with Crippen LogP contribution in [0.2, 0.25) is 0 Å². The number of H-pyrrole nitrogens is 2. The van der Waals surface area contributed by atoms with Crippen LogP contribution in [0.4, 0.5) is 17.3 Å². The Morgan fingerprint density at radius 2 is 1.02 bits per heavy atom. The van der Waals surface area contributed by atoms with E-state index < -0.39 is 0 Å². The average molecular weight is 1220 g/mol. The molecule has 8 aromatic rings. The second-order valence-corrected chi connectivity index (χ2v) is 23.5. The van der Waals surface area contributed by atoms with Crippen molar-refractivity contribution in [3.05, 3.63) is 156 Å². The van der Waals surface area contributed by atoms with E-state index in [9.17, 15) is 19.2 Å². The summed E-state index contributed by atoms with van der Waals surface area (Å²) in [5, 5.41) is 6.34. The third kappa shape index (κ3) is 17.9. The highest BCUT2D eigenvalue weighted by atomic mass is 16.2. The lowest BCUT2D eigenvalue weighted by Crippen LogP contribution is -2.40. The van der Waals surface area contributed by atoms with Crippen LogP contribution in [0.5, 0.6) is 0 Å². The van der Waals surface area contributed by atoms with Crippen LogP contribution in [0.25, 0.3) is 44.5 Å². The third-order valence-corrected chi connectivity index (χ3v) is 13.4. The Morgan fingerprint density at radius 3 is 1.54 bits per heavy atom. The number of aromatic nitrogens is 13. The van der Waals surface area contributed by atoms with Crippen molar-refractivity contribution in [2.75, 3.05) is 17.2 Å². The monoisotopic (exact) mass is 1220 g/mol. The number of carbonyl (C=O) groups excluding carboxylic acids is 2. The number of pyridine rings is 2. The molecule has 27 nitrogen and oxygen atoms in total. The first-order chi connectivity index (χ1) is 41.6. The number of anilines is 3. The van der Waals surface area contributed by atoms with Gasteiger partial charge in [-0.2, -0.15) is 4.98 Å². The number of amides is 2. The normalized spacial score (nSPS) is 13.9. The molecular weight excluding hydrogens is 1130 g/mol. The van der Waals surface area contributed by atoms with Crippen molar-refractivity contribution >= 4 is 79.5 Å². The van der Waals surface area contributed by atoms with Gasteiger partial charge in [-0.1, -0.05) is 19.7 Å². The Labute approximate surface area is 518 Å².